The normalized spacial score (nSPS) is 14.4. The molecule has 1 aromatic rings. The van der Waals surface area contributed by atoms with E-state index >= 15 is 0 Å². The molecule has 0 aromatic heterocycles. The molecule has 0 radical (unpaired) electrons. The minimum Gasteiger partial charge on any atom is -0.353 e. The number of nitrogens with zero attached hydrogens (tertiary/aromatic N) is 1. The van der Waals surface area contributed by atoms with Crippen LogP contribution in [0.1, 0.15) is 32.4 Å². The lowest BCUT2D eigenvalue weighted by molar-refractivity contribution is -0.123. The summed E-state index contributed by atoms with van der Waals surface area (Å²) in [7, 11) is 1.93. The highest BCUT2D eigenvalue weighted by atomic mass is 79.9. The van der Waals surface area contributed by atoms with E-state index in [0.29, 0.717) is 6.54 Å². The van der Waals surface area contributed by atoms with Crippen molar-refractivity contribution in [2.24, 2.45) is 5.73 Å². The zero-order chi connectivity index (χ0) is 15.3. The smallest absolute Gasteiger partial charge is 0.234 e. The highest BCUT2D eigenvalue weighted by Gasteiger charge is 2.23. The van der Waals surface area contributed by atoms with Crippen molar-refractivity contribution in [3.8, 4) is 0 Å². The minimum absolute atomic E-state index is 0.00501. The van der Waals surface area contributed by atoms with Gasteiger partial charge in [-0.25, -0.2) is 0 Å². The average Bonchev–Trinajstić information content (AvgIpc) is 2.26. The van der Waals surface area contributed by atoms with Gasteiger partial charge in [0.05, 0.1) is 6.54 Å². The Morgan fingerprint density at radius 2 is 2.05 bits per heavy atom. The highest BCUT2D eigenvalue weighted by Crippen LogP contribution is 2.24. The van der Waals surface area contributed by atoms with Crippen LogP contribution in [0.3, 0.4) is 0 Å². The molecule has 2 unspecified atom stereocenters. The maximum absolute atomic E-state index is 11.9. The van der Waals surface area contributed by atoms with Crippen molar-refractivity contribution in [1.82, 2.24) is 10.2 Å². The summed E-state index contributed by atoms with van der Waals surface area (Å²) < 4.78 is 1.01. The molecule has 0 saturated heterocycles. The fourth-order valence-corrected chi connectivity index (χ4v) is 2.76. The first-order chi connectivity index (χ1) is 9.31. The monoisotopic (exact) mass is 341 g/mol. The van der Waals surface area contributed by atoms with Gasteiger partial charge in [-0.15, -0.1) is 0 Å². The van der Waals surface area contributed by atoms with E-state index in [0.717, 1.165) is 10.0 Å². The SMILES string of the molecule is CC(C)NC(=O)CN(C)C(c1cccc(Br)c1)C(C)N. The van der Waals surface area contributed by atoms with E-state index in [1.165, 1.54) is 0 Å². The van der Waals surface area contributed by atoms with Crippen molar-refractivity contribution in [3.63, 3.8) is 0 Å². The molecule has 2 atom stereocenters. The van der Waals surface area contributed by atoms with Crippen LogP contribution in [0.5, 0.6) is 0 Å². The van der Waals surface area contributed by atoms with Crippen molar-refractivity contribution >= 4 is 21.8 Å². The first-order valence-corrected chi connectivity index (χ1v) is 7.61. The van der Waals surface area contributed by atoms with E-state index in [4.69, 9.17) is 5.73 Å². The molecule has 1 rings (SSSR count). The first-order valence-electron chi connectivity index (χ1n) is 6.82. The van der Waals surface area contributed by atoms with E-state index < -0.39 is 0 Å². The third kappa shape index (κ3) is 5.23. The molecule has 0 aliphatic heterocycles. The van der Waals surface area contributed by atoms with Crippen LogP contribution in [0.15, 0.2) is 28.7 Å². The Morgan fingerprint density at radius 1 is 1.40 bits per heavy atom. The van der Waals surface area contributed by atoms with Crippen LogP contribution in [0, 0.1) is 0 Å². The molecule has 0 saturated carbocycles. The molecule has 5 heteroatoms. The van der Waals surface area contributed by atoms with Gasteiger partial charge in [-0.05, 0) is 45.5 Å². The van der Waals surface area contributed by atoms with Crippen molar-refractivity contribution in [2.75, 3.05) is 13.6 Å². The number of nitrogens with two attached hydrogens (primary N) is 1. The van der Waals surface area contributed by atoms with Crippen molar-refractivity contribution in [1.29, 1.82) is 0 Å². The summed E-state index contributed by atoms with van der Waals surface area (Å²) in [5.41, 5.74) is 7.21. The van der Waals surface area contributed by atoms with Gasteiger partial charge in [0.1, 0.15) is 0 Å². The Kier molecular flexibility index (Phi) is 6.65. The number of likely N-dealkylation sites (N-methyl/N-ethyl adjacent to an activating group) is 1. The number of benzene rings is 1. The first kappa shape index (κ1) is 17.1. The van der Waals surface area contributed by atoms with Crippen LogP contribution >= 0.6 is 15.9 Å². The molecule has 0 bridgehead atoms. The summed E-state index contributed by atoms with van der Waals surface area (Å²) >= 11 is 3.47. The average molecular weight is 342 g/mol. The zero-order valence-electron chi connectivity index (χ0n) is 12.6. The second-order valence-electron chi connectivity index (χ2n) is 5.50. The maximum Gasteiger partial charge on any atom is 0.234 e. The van der Waals surface area contributed by atoms with E-state index in [-0.39, 0.29) is 24.0 Å². The molecule has 0 spiro atoms. The van der Waals surface area contributed by atoms with Gasteiger partial charge in [0, 0.05) is 22.6 Å². The largest absolute Gasteiger partial charge is 0.353 e. The molecule has 3 N–H and O–H groups in total. The van der Waals surface area contributed by atoms with Crippen LogP contribution in [-0.4, -0.2) is 36.5 Å². The number of nitrogens with one attached hydrogen (secondary N) is 1. The molecule has 112 valence electrons. The summed E-state index contributed by atoms with van der Waals surface area (Å²) in [4.78, 5) is 13.9. The van der Waals surface area contributed by atoms with Crippen LogP contribution in [-0.2, 0) is 4.79 Å². The van der Waals surface area contributed by atoms with Crippen LogP contribution in [0.4, 0.5) is 0 Å². The lowest BCUT2D eigenvalue weighted by Crippen LogP contribution is -2.44. The Hall–Kier alpha value is -0.910. The zero-order valence-corrected chi connectivity index (χ0v) is 14.1. The fraction of sp³-hybridized carbons (Fsp3) is 0.533. The minimum atomic E-state index is -0.0684. The molecule has 0 aliphatic carbocycles. The number of hydrogen-bond acceptors (Lipinski definition) is 3. The second kappa shape index (κ2) is 7.76. The van der Waals surface area contributed by atoms with E-state index in [9.17, 15) is 4.79 Å². The van der Waals surface area contributed by atoms with E-state index in [1.54, 1.807) is 0 Å². The predicted octanol–water partition coefficient (Wildman–Crippen LogP) is 2.29. The van der Waals surface area contributed by atoms with Crippen molar-refractivity contribution < 1.29 is 4.79 Å². The molecule has 20 heavy (non-hydrogen) atoms. The van der Waals surface area contributed by atoms with Crippen molar-refractivity contribution in [2.45, 2.75) is 38.9 Å². The molecule has 0 heterocycles. The number of carbonyl (C=O) groups is 1. The lowest BCUT2D eigenvalue weighted by atomic mass is 9.99. The molecule has 4 nitrogen and oxygen atoms in total. The van der Waals surface area contributed by atoms with Crippen LogP contribution in [0.2, 0.25) is 0 Å². The summed E-state index contributed by atoms with van der Waals surface area (Å²) in [6, 6.07) is 8.13. The summed E-state index contributed by atoms with van der Waals surface area (Å²) in [5, 5.41) is 2.90. The summed E-state index contributed by atoms with van der Waals surface area (Å²) in [5.74, 6) is 0.0168. The lowest BCUT2D eigenvalue weighted by Gasteiger charge is -2.31. The maximum atomic E-state index is 11.9. The van der Waals surface area contributed by atoms with Gasteiger partial charge in [-0.1, -0.05) is 28.1 Å². The number of carbonyl (C=O) groups excluding carboxylic acids is 1. The Balaban J connectivity index is 2.83. The molecular formula is C15H24BrN3O. The number of amides is 1. The van der Waals surface area contributed by atoms with Gasteiger partial charge in [-0.2, -0.15) is 0 Å². The Labute approximate surface area is 129 Å². The second-order valence-corrected chi connectivity index (χ2v) is 6.41. The van der Waals surface area contributed by atoms with Crippen molar-refractivity contribution in [3.05, 3.63) is 34.3 Å². The van der Waals surface area contributed by atoms with Gasteiger partial charge in [0.15, 0.2) is 0 Å². The van der Waals surface area contributed by atoms with Gasteiger partial charge in [0.25, 0.3) is 0 Å². The van der Waals surface area contributed by atoms with Gasteiger partial charge < -0.3 is 11.1 Å². The fourth-order valence-electron chi connectivity index (χ4n) is 2.34. The number of rotatable bonds is 6. The number of hydrogen-bond donors (Lipinski definition) is 2. The van der Waals surface area contributed by atoms with Gasteiger partial charge >= 0.3 is 0 Å². The molecule has 0 aliphatic rings. The van der Waals surface area contributed by atoms with Crippen LogP contribution < -0.4 is 11.1 Å². The van der Waals surface area contributed by atoms with E-state index in [2.05, 4.69) is 21.2 Å². The Bertz CT molecular complexity index is 448. The molecular weight excluding hydrogens is 318 g/mol. The highest BCUT2D eigenvalue weighted by molar-refractivity contribution is 9.10. The number of halogens is 1. The Morgan fingerprint density at radius 3 is 2.55 bits per heavy atom. The quantitative estimate of drug-likeness (QED) is 0.834. The predicted molar refractivity (Wildman–Crippen MR) is 86.4 cm³/mol. The standard InChI is InChI=1S/C15H24BrN3O/c1-10(2)18-14(20)9-19(4)15(11(3)17)12-6-5-7-13(16)8-12/h5-8,10-11,15H,9,17H2,1-4H3,(H,18,20). The molecule has 1 aromatic carbocycles. The van der Waals surface area contributed by atoms with Crippen LogP contribution in [0.25, 0.3) is 0 Å². The third-order valence-electron chi connectivity index (χ3n) is 3.01. The van der Waals surface area contributed by atoms with Gasteiger partial charge in [0.2, 0.25) is 5.91 Å². The topological polar surface area (TPSA) is 58.4 Å². The third-order valence-corrected chi connectivity index (χ3v) is 3.50. The molecule has 0 fully saturated rings. The van der Waals surface area contributed by atoms with E-state index in [1.807, 2.05) is 57.0 Å². The molecule has 1 amide bonds. The van der Waals surface area contributed by atoms with Gasteiger partial charge in [-0.3, -0.25) is 9.69 Å². The summed E-state index contributed by atoms with van der Waals surface area (Å²) in [6.07, 6.45) is 0. The summed E-state index contributed by atoms with van der Waals surface area (Å²) in [6.45, 7) is 6.20.